The highest BCUT2D eigenvalue weighted by Crippen LogP contribution is 2.44. The summed E-state index contributed by atoms with van der Waals surface area (Å²) in [6.07, 6.45) is 0. The Labute approximate surface area is 172 Å². The molecule has 2 heterocycles. The highest BCUT2D eigenvalue weighted by atomic mass is 32.3. The number of sulfonamides is 1. The number of thiophene rings is 1. The summed E-state index contributed by atoms with van der Waals surface area (Å²) in [4.78, 5) is 26.3. The first-order valence-corrected chi connectivity index (χ1v) is 11.7. The third-order valence-corrected chi connectivity index (χ3v) is 8.92. The van der Waals surface area contributed by atoms with Crippen molar-refractivity contribution in [2.24, 2.45) is 0 Å². The standard InChI is InChI=1S/C18H21N3O4S3/c1-11-5-6-13(12(2)7-11)19-15(22)9-21-14-8-17(28(24,25)20(3)4)27-18(14)26-10-16(21)23/h5-8H,9-10H2,1-4H3,(H,19,22). The average molecular weight is 440 g/mol. The molecule has 0 bridgehead atoms. The minimum atomic E-state index is -3.60. The van der Waals surface area contributed by atoms with E-state index in [0.717, 1.165) is 31.0 Å². The molecule has 0 spiro atoms. The van der Waals surface area contributed by atoms with Crippen molar-refractivity contribution in [2.45, 2.75) is 22.3 Å². The van der Waals surface area contributed by atoms with Crippen LogP contribution >= 0.6 is 23.1 Å². The number of nitrogens with one attached hydrogen (secondary N) is 1. The lowest BCUT2D eigenvalue weighted by Gasteiger charge is -2.26. The number of rotatable bonds is 5. The first-order valence-electron chi connectivity index (χ1n) is 8.46. The molecule has 1 aromatic heterocycles. The maximum Gasteiger partial charge on any atom is 0.252 e. The van der Waals surface area contributed by atoms with E-state index < -0.39 is 10.0 Å². The maximum absolute atomic E-state index is 12.6. The molecule has 3 rings (SSSR count). The van der Waals surface area contributed by atoms with E-state index in [9.17, 15) is 18.0 Å². The number of thioether (sulfide) groups is 1. The van der Waals surface area contributed by atoms with E-state index in [4.69, 9.17) is 0 Å². The average Bonchev–Trinajstić information content (AvgIpc) is 3.05. The first kappa shape index (κ1) is 20.8. The van der Waals surface area contributed by atoms with Crippen LogP contribution < -0.4 is 10.2 Å². The van der Waals surface area contributed by atoms with E-state index >= 15 is 0 Å². The molecule has 10 heteroatoms. The van der Waals surface area contributed by atoms with Crippen molar-refractivity contribution in [3.63, 3.8) is 0 Å². The SMILES string of the molecule is Cc1ccc(NC(=O)CN2C(=O)CSc3sc(S(=O)(=O)N(C)C)cc32)c(C)c1. The third-order valence-electron chi connectivity index (χ3n) is 4.27. The van der Waals surface area contributed by atoms with Crippen molar-refractivity contribution in [1.82, 2.24) is 4.31 Å². The summed E-state index contributed by atoms with van der Waals surface area (Å²) in [5.74, 6) is -0.382. The Hall–Kier alpha value is -1.88. The molecule has 2 amide bonds. The number of anilines is 2. The Balaban J connectivity index is 1.84. The molecule has 0 fully saturated rings. The molecule has 7 nitrogen and oxygen atoms in total. The van der Waals surface area contributed by atoms with Crippen LogP contribution in [0.4, 0.5) is 11.4 Å². The zero-order valence-corrected chi connectivity index (χ0v) is 18.4. The lowest BCUT2D eigenvalue weighted by Crippen LogP contribution is -2.40. The van der Waals surface area contributed by atoms with Gasteiger partial charge in [-0.3, -0.25) is 9.59 Å². The Morgan fingerprint density at radius 3 is 2.61 bits per heavy atom. The van der Waals surface area contributed by atoms with Gasteiger partial charge in [0, 0.05) is 19.8 Å². The van der Waals surface area contributed by atoms with E-state index in [1.165, 1.54) is 36.8 Å². The number of hydrogen-bond donors (Lipinski definition) is 1. The number of carbonyl (C=O) groups is 2. The van der Waals surface area contributed by atoms with E-state index in [1.807, 2.05) is 32.0 Å². The van der Waals surface area contributed by atoms with Crippen molar-refractivity contribution in [3.05, 3.63) is 35.4 Å². The molecule has 1 aliphatic heterocycles. The van der Waals surface area contributed by atoms with Gasteiger partial charge in [-0.05, 0) is 31.5 Å². The van der Waals surface area contributed by atoms with Crippen molar-refractivity contribution in [1.29, 1.82) is 0 Å². The van der Waals surface area contributed by atoms with Crippen LogP contribution in [-0.4, -0.2) is 50.9 Å². The molecule has 28 heavy (non-hydrogen) atoms. The van der Waals surface area contributed by atoms with Gasteiger partial charge in [-0.1, -0.05) is 17.7 Å². The van der Waals surface area contributed by atoms with Crippen LogP contribution in [0.2, 0.25) is 0 Å². The zero-order chi connectivity index (χ0) is 20.6. The third kappa shape index (κ3) is 4.09. The van der Waals surface area contributed by atoms with Gasteiger partial charge in [0.25, 0.3) is 10.0 Å². The van der Waals surface area contributed by atoms with Gasteiger partial charge in [-0.2, -0.15) is 0 Å². The van der Waals surface area contributed by atoms with Crippen LogP contribution in [0.15, 0.2) is 32.7 Å². The second kappa shape index (κ2) is 7.86. The van der Waals surface area contributed by atoms with Crippen molar-refractivity contribution < 1.29 is 18.0 Å². The molecule has 0 saturated carbocycles. The van der Waals surface area contributed by atoms with Gasteiger partial charge in [-0.15, -0.1) is 23.1 Å². The van der Waals surface area contributed by atoms with Crippen molar-refractivity contribution >= 4 is 56.3 Å². The molecular weight excluding hydrogens is 418 g/mol. The Morgan fingerprint density at radius 2 is 1.96 bits per heavy atom. The van der Waals surface area contributed by atoms with E-state index in [1.54, 1.807) is 0 Å². The predicted octanol–water partition coefficient (Wildman–Crippen LogP) is 2.69. The van der Waals surface area contributed by atoms with Crippen molar-refractivity contribution in [3.8, 4) is 0 Å². The predicted molar refractivity (Wildman–Crippen MR) is 113 cm³/mol. The minimum Gasteiger partial charge on any atom is -0.324 e. The van der Waals surface area contributed by atoms with Crippen LogP contribution in [0, 0.1) is 13.8 Å². The topological polar surface area (TPSA) is 86.8 Å². The van der Waals surface area contributed by atoms with Gasteiger partial charge in [0.05, 0.1) is 15.6 Å². The molecule has 0 unspecified atom stereocenters. The molecule has 0 radical (unpaired) electrons. The van der Waals surface area contributed by atoms with Gasteiger partial charge in [0.1, 0.15) is 10.8 Å². The van der Waals surface area contributed by atoms with Crippen molar-refractivity contribution in [2.75, 3.05) is 36.6 Å². The van der Waals surface area contributed by atoms with Gasteiger partial charge in [0.2, 0.25) is 11.8 Å². The molecule has 1 aliphatic rings. The normalized spacial score (nSPS) is 14.3. The largest absolute Gasteiger partial charge is 0.324 e. The molecule has 0 saturated heterocycles. The Kier molecular flexibility index (Phi) is 5.85. The quantitative estimate of drug-likeness (QED) is 0.774. The van der Waals surface area contributed by atoms with E-state index in [0.29, 0.717) is 11.4 Å². The molecular formula is C18H21N3O4S3. The number of fused-ring (bicyclic) bond motifs is 1. The fourth-order valence-corrected chi connectivity index (χ4v) is 6.68. The highest BCUT2D eigenvalue weighted by molar-refractivity contribution is 8.02. The van der Waals surface area contributed by atoms with Gasteiger partial charge >= 0.3 is 0 Å². The fourth-order valence-electron chi connectivity index (χ4n) is 2.74. The molecule has 1 N–H and O–H groups in total. The summed E-state index contributed by atoms with van der Waals surface area (Å²) < 4.78 is 26.8. The smallest absolute Gasteiger partial charge is 0.252 e. The molecule has 0 aliphatic carbocycles. The van der Waals surface area contributed by atoms with Crippen LogP contribution in [0.1, 0.15) is 11.1 Å². The zero-order valence-electron chi connectivity index (χ0n) is 16.0. The van der Waals surface area contributed by atoms with E-state index in [-0.39, 0.29) is 28.3 Å². The number of carbonyl (C=O) groups excluding carboxylic acids is 2. The minimum absolute atomic E-state index is 0.157. The number of hydrogen-bond acceptors (Lipinski definition) is 6. The van der Waals surface area contributed by atoms with Crippen LogP contribution in [0.25, 0.3) is 0 Å². The second-order valence-electron chi connectivity index (χ2n) is 6.66. The Bertz CT molecular complexity index is 1040. The summed E-state index contributed by atoms with van der Waals surface area (Å²) in [5, 5.41) is 2.83. The van der Waals surface area contributed by atoms with Crippen LogP contribution in [0.3, 0.4) is 0 Å². The summed E-state index contributed by atoms with van der Waals surface area (Å²) in [6.45, 7) is 3.71. The van der Waals surface area contributed by atoms with Crippen LogP contribution in [0.5, 0.6) is 0 Å². The van der Waals surface area contributed by atoms with Gasteiger partial charge < -0.3 is 10.2 Å². The number of benzene rings is 1. The summed E-state index contributed by atoms with van der Waals surface area (Å²) in [6, 6.07) is 7.17. The highest BCUT2D eigenvalue weighted by Gasteiger charge is 2.32. The first-order chi connectivity index (χ1) is 13.1. The maximum atomic E-state index is 12.6. The summed E-state index contributed by atoms with van der Waals surface area (Å²) >= 11 is 2.42. The second-order valence-corrected chi connectivity index (χ2v) is 11.3. The molecule has 2 aromatic rings. The monoisotopic (exact) mass is 439 g/mol. The molecule has 150 valence electrons. The van der Waals surface area contributed by atoms with Gasteiger partial charge in [-0.25, -0.2) is 12.7 Å². The fraction of sp³-hybridized carbons (Fsp3) is 0.333. The lowest BCUT2D eigenvalue weighted by atomic mass is 10.1. The molecule has 0 atom stereocenters. The summed E-state index contributed by atoms with van der Waals surface area (Å²) in [5.41, 5.74) is 3.19. The Morgan fingerprint density at radius 1 is 1.25 bits per heavy atom. The van der Waals surface area contributed by atoms with Crippen LogP contribution in [-0.2, 0) is 19.6 Å². The van der Waals surface area contributed by atoms with E-state index in [2.05, 4.69) is 5.32 Å². The lowest BCUT2D eigenvalue weighted by molar-refractivity contribution is -0.120. The van der Waals surface area contributed by atoms with Gasteiger partial charge in [0.15, 0.2) is 0 Å². The number of aryl methyl sites for hydroxylation is 2. The number of nitrogens with zero attached hydrogens (tertiary/aromatic N) is 2. The number of amides is 2. The molecule has 1 aromatic carbocycles. The summed E-state index contributed by atoms with van der Waals surface area (Å²) in [7, 11) is -0.679.